The number of nitrogens with zero attached hydrogens (tertiary/aromatic N) is 1. The number of aliphatic imine (C=N–C) groups is 1. The van der Waals surface area contributed by atoms with Crippen molar-refractivity contribution in [2.24, 2.45) is 10.7 Å². The van der Waals surface area contributed by atoms with Gasteiger partial charge in [0.2, 0.25) is 0 Å². The van der Waals surface area contributed by atoms with Crippen LogP contribution < -0.4 is 15.8 Å². The van der Waals surface area contributed by atoms with Crippen LogP contribution in [0.1, 0.15) is 12.5 Å². The van der Waals surface area contributed by atoms with Gasteiger partial charge in [0.25, 0.3) is 0 Å². The minimum absolute atomic E-state index is 0.0381. The minimum atomic E-state index is -4.44. The summed E-state index contributed by atoms with van der Waals surface area (Å²) < 4.78 is 43.3. The molecule has 0 saturated carbocycles. The molecule has 3 N–H and O–H groups in total. The molecular weight excluding hydrogens is 283 g/mol. The second-order valence-corrected chi connectivity index (χ2v) is 4.43. The third-order valence-corrected chi connectivity index (χ3v) is 2.38. The summed E-state index contributed by atoms with van der Waals surface area (Å²) in [6.07, 6.45) is -4.44. The molecule has 0 amide bonds. The van der Waals surface area contributed by atoms with E-state index in [9.17, 15) is 13.2 Å². The molecule has 1 aromatic rings. The van der Waals surface area contributed by atoms with Gasteiger partial charge in [0, 0.05) is 0 Å². The van der Waals surface area contributed by atoms with Gasteiger partial charge in [-0.2, -0.15) is 13.2 Å². The van der Waals surface area contributed by atoms with E-state index in [-0.39, 0.29) is 24.9 Å². The van der Waals surface area contributed by atoms with Crippen LogP contribution in [0.4, 0.5) is 13.2 Å². The highest BCUT2D eigenvalue weighted by atomic mass is 19.4. The van der Waals surface area contributed by atoms with Crippen molar-refractivity contribution >= 4 is 5.96 Å². The van der Waals surface area contributed by atoms with Gasteiger partial charge in [0.1, 0.15) is 12.4 Å². The summed E-state index contributed by atoms with van der Waals surface area (Å²) >= 11 is 0. The highest BCUT2D eigenvalue weighted by Gasteiger charge is 2.33. The third kappa shape index (κ3) is 6.20. The number of nitrogens with one attached hydrogen (secondary N) is 1. The number of para-hydroxylation sites is 1. The Bertz CT molecular complexity index is 512. The lowest BCUT2D eigenvalue weighted by molar-refractivity contribution is -0.138. The van der Waals surface area contributed by atoms with Gasteiger partial charge in [0.05, 0.1) is 18.7 Å². The highest BCUT2D eigenvalue weighted by molar-refractivity contribution is 5.77. The molecule has 21 heavy (non-hydrogen) atoms. The summed E-state index contributed by atoms with van der Waals surface area (Å²) in [6.45, 7) is 6.17. The summed E-state index contributed by atoms with van der Waals surface area (Å²) in [5.41, 5.74) is 5.62. The Hall–Kier alpha value is -2.18. The Labute approximate surface area is 121 Å². The molecule has 0 atom stereocenters. The summed E-state index contributed by atoms with van der Waals surface area (Å²) in [5, 5.41) is 2.75. The lowest BCUT2D eigenvalue weighted by Gasteiger charge is -2.14. The summed E-state index contributed by atoms with van der Waals surface area (Å²) in [7, 11) is 0. The largest absolute Gasteiger partial charge is 0.491 e. The minimum Gasteiger partial charge on any atom is -0.491 e. The first kappa shape index (κ1) is 16.9. The van der Waals surface area contributed by atoms with Crippen molar-refractivity contribution in [1.29, 1.82) is 0 Å². The number of benzene rings is 1. The zero-order valence-electron chi connectivity index (χ0n) is 11.7. The van der Waals surface area contributed by atoms with E-state index in [0.29, 0.717) is 6.54 Å². The van der Waals surface area contributed by atoms with Crippen molar-refractivity contribution in [2.75, 3.05) is 19.7 Å². The number of hydrogen-bond acceptors (Lipinski definition) is 2. The van der Waals surface area contributed by atoms with Crippen LogP contribution in [0.15, 0.2) is 41.4 Å². The predicted octanol–water partition coefficient (Wildman–Crippen LogP) is 2.56. The molecular formula is C14H18F3N3O. The molecule has 0 fully saturated rings. The van der Waals surface area contributed by atoms with Crippen LogP contribution in [0.25, 0.3) is 0 Å². The lowest BCUT2D eigenvalue weighted by atomic mass is 10.2. The Morgan fingerprint density at radius 2 is 2.05 bits per heavy atom. The molecule has 1 aromatic carbocycles. The monoisotopic (exact) mass is 301 g/mol. The van der Waals surface area contributed by atoms with Gasteiger partial charge in [-0.25, -0.2) is 4.99 Å². The first-order chi connectivity index (χ1) is 9.80. The molecule has 0 aliphatic carbocycles. The standard InChI is InChI=1S/C14H18F3N3O/c1-10(2)9-20-13(18)19-7-8-21-12-6-4-3-5-11(12)14(15,16)17/h3-6H,1,7-9H2,2H3,(H3,18,19,20). The smallest absolute Gasteiger partial charge is 0.419 e. The maximum Gasteiger partial charge on any atom is 0.419 e. The van der Waals surface area contributed by atoms with E-state index in [4.69, 9.17) is 10.5 Å². The van der Waals surface area contributed by atoms with Crippen LogP contribution in [0.3, 0.4) is 0 Å². The predicted molar refractivity (Wildman–Crippen MR) is 76.2 cm³/mol. The molecule has 1 rings (SSSR count). The van der Waals surface area contributed by atoms with Gasteiger partial charge in [-0.05, 0) is 19.1 Å². The average molecular weight is 301 g/mol. The molecule has 0 radical (unpaired) electrons. The average Bonchev–Trinajstić information content (AvgIpc) is 2.40. The second-order valence-electron chi connectivity index (χ2n) is 4.43. The first-order valence-corrected chi connectivity index (χ1v) is 6.28. The number of hydrogen-bond donors (Lipinski definition) is 2. The van der Waals surface area contributed by atoms with E-state index >= 15 is 0 Å². The zero-order chi connectivity index (χ0) is 15.9. The molecule has 116 valence electrons. The second kappa shape index (κ2) is 7.56. The number of halogens is 3. The maximum absolute atomic E-state index is 12.7. The highest BCUT2D eigenvalue weighted by Crippen LogP contribution is 2.35. The van der Waals surface area contributed by atoms with Crippen molar-refractivity contribution in [1.82, 2.24) is 5.32 Å². The molecule has 0 bridgehead atoms. The van der Waals surface area contributed by atoms with Gasteiger partial charge >= 0.3 is 6.18 Å². The van der Waals surface area contributed by atoms with Crippen LogP contribution in [-0.4, -0.2) is 25.7 Å². The fraction of sp³-hybridized carbons (Fsp3) is 0.357. The van der Waals surface area contributed by atoms with E-state index in [0.717, 1.165) is 11.6 Å². The van der Waals surface area contributed by atoms with Crippen molar-refractivity contribution in [2.45, 2.75) is 13.1 Å². The van der Waals surface area contributed by atoms with Gasteiger partial charge in [0.15, 0.2) is 5.96 Å². The number of guanidine groups is 1. The first-order valence-electron chi connectivity index (χ1n) is 6.28. The van der Waals surface area contributed by atoms with Crippen LogP contribution in [-0.2, 0) is 6.18 Å². The van der Waals surface area contributed by atoms with Crippen molar-refractivity contribution in [3.8, 4) is 5.75 Å². The van der Waals surface area contributed by atoms with Gasteiger partial charge in [-0.3, -0.25) is 0 Å². The van der Waals surface area contributed by atoms with Crippen molar-refractivity contribution in [3.05, 3.63) is 42.0 Å². The normalized spacial score (nSPS) is 12.1. The quantitative estimate of drug-likeness (QED) is 0.367. The number of nitrogens with two attached hydrogens (primary N) is 1. The molecule has 0 aliphatic heterocycles. The van der Waals surface area contributed by atoms with Gasteiger partial charge < -0.3 is 15.8 Å². The lowest BCUT2D eigenvalue weighted by Crippen LogP contribution is -2.35. The van der Waals surface area contributed by atoms with Crippen molar-refractivity contribution in [3.63, 3.8) is 0 Å². The van der Waals surface area contributed by atoms with Crippen LogP contribution in [0, 0.1) is 0 Å². The molecule has 0 saturated heterocycles. The van der Waals surface area contributed by atoms with E-state index in [1.807, 2.05) is 6.92 Å². The Balaban J connectivity index is 2.47. The molecule has 0 aliphatic rings. The Morgan fingerprint density at radius 3 is 2.67 bits per heavy atom. The van der Waals surface area contributed by atoms with E-state index in [1.165, 1.54) is 18.2 Å². The van der Waals surface area contributed by atoms with Gasteiger partial charge in [-0.1, -0.05) is 24.3 Å². The molecule has 4 nitrogen and oxygen atoms in total. The fourth-order valence-electron chi connectivity index (χ4n) is 1.44. The van der Waals surface area contributed by atoms with E-state index in [1.54, 1.807) is 0 Å². The summed E-state index contributed by atoms with van der Waals surface area (Å²) in [6, 6.07) is 5.06. The molecule has 7 heteroatoms. The van der Waals surface area contributed by atoms with Gasteiger partial charge in [-0.15, -0.1) is 0 Å². The van der Waals surface area contributed by atoms with E-state index in [2.05, 4.69) is 16.9 Å². The summed E-state index contributed by atoms with van der Waals surface area (Å²) in [4.78, 5) is 3.97. The summed E-state index contributed by atoms with van der Waals surface area (Å²) in [5.74, 6) is -0.00467. The molecule has 0 aromatic heterocycles. The van der Waals surface area contributed by atoms with Crippen LogP contribution in [0.5, 0.6) is 5.75 Å². The fourth-order valence-corrected chi connectivity index (χ4v) is 1.44. The van der Waals surface area contributed by atoms with Crippen LogP contribution in [0.2, 0.25) is 0 Å². The Morgan fingerprint density at radius 1 is 1.38 bits per heavy atom. The van der Waals surface area contributed by atoms with Crippen LogP contribution >= 0.6 is 0 Å². The Kier molecular flexibility index (Phi) is 6.08. The number of alkyl halides is 3. The topological polar surface area (TPSA) is 59.6 Å². The number of rotatable bonds is 6. The molecule has 0 heterocycles. The SMILES string of the molecule is C=C(C)CN=C(N)NCCOc1ccccc1C(F)(F)F. The van der Waals surface area contributed by atoms with Crippen molar-refractivity contribution < 1.29 is 17.9 Å². The molecule has 0 spiro atoms. The maximum atomic E-state index is 12.7. The number of ether oxygens (including phenoxy) is 1. The third-order valence-electron chi connectivity index (χ3n) is 2.38. The zero-order valence-corrected chi connectivity index (χ0v) is 11.7. The molecule has 0 unspecified atom stereocenters. The van der Waals surface area contributed by atoms with E-state index < -0.39 is 11.7 Å².